The number of amides is 1. The fraction of sp³-hybridized carbons (Fsp3) is 0.348. The number of nitrogens with zero attached hydrogens (tertiary/aromatic N) is 2. The Labute approximate surface area is 179 Å². The number of hydrogen-bond donors (Lipinski definition) is 1. The summed E-state index contributed by atoms with van der Waals surface area (Å²) in [6.45, 7) is 2.03. The molecule has 3 aromatic rings. The normalized spacial score (nSPS) is 15.0. The van der Waals surface area contributed by atoms with E-state index >= 15 is 0 Å². The van der Waals surface area contributed by atoms with Crippen molar-refractivity contribution in [2.24, 2.45) is 5.92 Å². The second-order valence-electron chi connectivity index (χ2n) is 7.65. The summed E-state index contributed by atoms with van der Waals surface area (Å²) in [4.78, 5) is 12.6. The molecule has 1 saturated carbocycles. The molecular weight excluding hydrogens is 430 g/mol. The van der Waals surface area contributed by atoms with Crippen LogP contribution in [0, 0.1) is 12.8 Å². The third-order valence-electron chi connectivity index (χ3n) is 5.50. The maximum atomic E-state index is 12.6. The van der Waals surface area contributed by atoms with Crippen LogP contribution in [0.15, 0.2) is 57.4 Å². The fourth-order valence-electron chi connectivity index (χ4n) is 3.55. The Bertz CT molecular complexity index is 963. The van der Waals surface area contributed by atoms with E-state index < -0.39 is 0 Å². The van der Waals surface area contributed by atoms with E-state index in [1.165, 1.54) is 12.0 Å². The van der Waals surface area contributed by atoms with Gasteiger partial charge in [0.05, 0.1) is 6.04 Å². The van der Waals surface area contributed by atoms with Crippen LogP contribution in [-0.4, -0.2) is 16.1 Å². The monoisotopic (exact) mass is 453 g/mol. The molecular formula is C23H24BrN3O2. The molecule has 1 amide bonds. The highest BCUT2D eigenvalue weighted by Gasteiger charge is 2.29. The molecule has 2 aromatic carbocycles. The largest absolute Gasteiger partial charge is 0.421 e. The minimum atomic E-state index is 0.0138. The van der Waals surface area contributed by atoms with Crippen LogP contribution < -0.4 is 5.32 Å². The first kappa shape index (κ1) is 19.8. The molecule has 1 atom stereocenters. The molecule has 1 aliphatic rings. The van der Waals surface area contributed by atoms with E-state index in [0.717, 1.165) is 28.4 Å². The number of nitrogens with one attached hydrogen (secondary N) is 1. The van der Waals surface area contributed by atoms with Crippen molar-refractivity contribution in [3.05, 3.63) is 70.0 Å². The third kappa shape index (κ3) is 4.93. The van der Waals surface area contributed by atoms with E-state index in [0.29, 0.717) is 30.5 Å². The second-order valence-corrected chi connectivity index (χ2v) is 8.57. The maximum Gasteiger partial charge on any atom is 0.247 e. The summed E-state index contributed by atoms with van der Waals surface area (Å²) in [5, 5.41) is 11.4. The predicted molar refractivity (Wildman–Crippen MR) is 115 cm³/mol. The van der Waals surface area contributed by atoms with Crippen molar-refractivity contribution in [2.75, 3.05) is 0 Å². The Morgan fingerprint density at radius 3 is 2.52 bits per heavy atom. The summed E-state index contributed by atoms with van der Waals surface area (Å²) in [6, 6.07) is 16.2. The van der Waals surface area contributed by atoms with Gasteiger partial charge in [-0.3, -0.25) is 4.79 Å². The molecule has 0 radical (unpaired) electrons. The van der Waals surface area contributed by atoms with Crippen molar-refractivity contribution in [3.63, 3.8) is 0 Å². The number of benzene rings is 2. The van der Waals surface area contributed by atoms with Crippen molar-refractivity contribution in [3.8, 4) is 11.5 Å². The summed E-state index contributed by atoms with van der Waals surface area (Å²) >= 11 is 3.48. The van der Waals surface area contributed by atoms with Gasteiger partial charge in [0, 0.05) is 22.9 Å². The van der Waals surface area contributed by atoms with Crippen molar-refractivity contribution in [1.82, 2.24) is 15.5 Å². The lowest BCUT2D eigenvalue weighted by molar-refractivity contribution is -0.122. The van der Waals surface area contributed by atoms with Crippen LogP contribution in [0.3, 0.4) is 0 Å². The van der Waals surface area contributed by atoms with Gasteiger partial charge in [-0.15, -0.1) is 10.2 Å². The lowest BCUT2D eigenvalue weighted by Gasteiger charge is -2.34. The van der Waals surface area contributed by atoms with Crippen LogP contribution in [0.25, 0.3) is 11.5 Å². The van der Waals surface area contributed by atoms with Gasteiger partial charge in [-0.25, -0.2) is 0 Å². The standard InChI is InChI=1S/C23H24BrN3O2/c1-15-5-7-18(8-6-15)23-27-26-21(29-23)14-13-20(28)25-22(16-3-2-4-16)17-9-11-19(24)12-10-17/h5-12,16,22H,2-4,13-14H2,1H3,(H,25,28). The van der Waals surface area contributed by atoms with Gasteiger partial charge in [-0.2, -0.15) is 0 Å². The number of halogens is 1. The van der Waals surface area contributed by atoms with Gasteiger partial charge < -0.3 is 9.73 Å². The SMILES string of the molecule is Cc1ccc(-c2nnc(CCC(=O)NC(c3ccc(Br)cc3)C3CCC3)o2)cc1. The Balaban J connectivity index is 1.36. The van der Waals surface area contributed by atoms with Crippen LogP contribution in [0.2, 0.25) is 0 Å². The number of rotatable bonds is 7. The average Bonchev–Trinajstić information content (AvgIpc) is 3.15. The number of hydrogen-bond acceptors (Lipinski definition) is 4. The van der Waals surface area contributed by atoms with Gasteiger partial charge in [-0.1, -0.05) is 52.2 Å². The highest BCUT2D eigenvalue weighted by Crippen LogP contribution is 2.38. The number of carbonyl (C=O) groups excluding carboxylic acids is 1. The molecule has 1 N–H and O–H groups in total. The number of carbonyl (C=O) groups is 1. The molecule has 1 unspecified atom stereocenters. The van der Waals surface area contributed by atoms with E-state index in [-0.39, 0.29) is 11.9 Å². The molecule has 1 fully saturated rings. The van der Waals surface area contributed by atoms with Gasteiger partial charge in [0.1, 0.15) is 0 Å². The molecule has 1 aromatic heterocycles. The molecule has 6 heteroatoms. The van der Waals surface area contributed by atoms with Crippen molar-refractivity contribution in [1.29, 1.82) is 0 Å². The minimum Gasteiger partial charge on any atom is -0.421 e. The number of aryl methyl sites for hydroxylation is 2. The topological polar surface area (TPSA) is 68.0 Å². The van der Waals surface area contributed by atoms with E-state index in [4.69, 9.17) is 4.42 Å². The predicted octanol–water partition coefficient (Wildman–Crippen LogP) is 5.40. The molecule has 1 aliphatic carbocycles. The van der Waals surface area contributed by atoms with Gasteiger partial charge >= 0.3 is 0 Å². The molecule has 0 bridgehead atoms. The zero-order valence-corrected chi connectivity index (χ0v) is 18.0. The third-order valence-corrected chi connectivity index (χ3v) is 6.03. The summed E-state index contributed by atoms with van der Waals surface area (Å²) < 4.78 is 6.78. The van der Waals surface area contributed by atoms with Gasteiger partial charge in [-0.05, 0) is 55.5 Å². The zero-order chi connectivity index (χ0) is 20.2. The van der Waals surface area contributed by atoms with E-state index in [1.807, 2.05) is 43.3 Å². The Kier molecular flexibility index (Phi) is 6.09. The highest BCUT2D eigenvalue weighted by molar-refractivity contribution is 9.10. The lowest BCUT2D eigenvalue weighted by Crippen LogP contribution is -2.36. The van der Waals surface area contributed by atoms with Crippen molar-refractivity contribution >= 4 is 21.8 Å². The Morgan fingerprint density at radius 1 is 1.14 bits per heavy atom. The van der Waals surface area contributed by atoms with Crippen LogP contribution in [0.1, 0.15) is 48.7 Å². The Morgan fingerprint density at radius 2 is 1.86 bits per heavy atom. The zero-order valence-electron chi connectivity index (χ0n) is 16.4. The summed E-state index contributed by atoms with van der Waals surface area (Å²) in [6.07, 6.45) is 4.31. The molecule has 5 nitrogen and oxygen atoms in total. The van der Waals surface area contributed by atoms with Gasteiger partial charge in [0.2, 0.25) is 17.7 Å². The second kappa shape index (κ2) is 8.91. The highest BCUT2D eigenvalue weighted by atomic mass is 79.9. The first-order chi connectivity index (χ1) is 14.1. The lowest BCUT2D eigenvalue weighted by atomic mass is 9.77. The molecule has 4 rings (SSSR count). The molecule has 150 valence electrons. The molecule has 29 heavy (non-hydrogen) atoms. The van der Waals surface area contributed by atoms with Crippen LogP contribution in [-0.2, 0) is 11.2 Å². The first-order valence-corrected chi connectivity index (χ1v) is 10.8. The van der Waals surface area contributed by atoms with Crippen LogP contribution in [0.4, 0.5) is 0 Å². The fourth-order valence-corrected chi connectivity index (χ4v) is 3.81. The van der Waals surface area contributed by atoms with E-state index in [9.17, 15) is 4.79 Å². The van der Waals surface area contributed by atoms with E-state index in [1.54, 1.807) is 0 Å². The Hall–Kier alpha value is -2.47. The maximum absolute atomic E-state index is 12.6. The minimum absolute atomic E-state index is 0.0138. The smallest absolute Gasteiger partial charge is 0.247 e. The molecule has 0 saturated heterocycles. The molecule has 0 aliphatic heterocycles. The first-order valence-electron chi connectivity index (χ1n) is 10.0. The number of aromatic nitrogens is 2. The molecule has 1 heterocycles. The summed E-state index contributed by atoms with van der Waals surface area (Å²) in [7, 11) is 0. The summed E-state index contributed by atoms with van der Waals surface area (Å²) in [5.74, 6) is 1.50. The quantitative estimate of drug-likeness (QED) is 0.519. The van der Waals surface area contributed by atoms with Crippen molar-refractivity contribution in [2.45, 2.75) is 45.1 Å². The van der Waals surface area contributed by atoms with Crippen LogP contribution >= 0.6 is 15.9 Å². The van der Waals surface area contributed by atoms with E-state index in [2.05, 4.69) is 43.6 Å². The van der Waals surface area contributed by atoms with Crippen molar-refractivity contribution < 1.29 is 9.21 Å². The van der Waals surface area contributed by atoms with Gasteiger partial charge in [0.25, 0.3) is 0 Å². The average molecular weight is 454 g/mol. The van der Waals surface area contributed by atoms with Crippen LogP contribution in [0.5, 0.6) is 0 Å². The summed E-state index contributed by atoms with van der Waals surface area (Å²) in [5.41, 5.74) is 3.22. The van der Waals surface area contributed by atoms with Gasteiger partial charge in [0.15, 0.2) is 0 Å². The molecule has 0 spiro atoms.